The zero-order chi connectivity index (χ0) is 31.1. The van der Waals surface area contributed by atoms with Gasteiger partial charge in [0.05, 0.1) is 28.4 Å². The molecule has 1 amide bonds. The Morgan fingerprint density at radius 3 is 2.93 bits per heavy atom. The molecule has 8 heterocycles. The molecule has 3 aromatic heterocycles. The Balaban J connectivity index is 1.17. The van der Waals surface area contributed by atoms with Crippen LogP contribution >= 0.6 is 23.1 Å². The molecule has 5 aliphatic rings. The molecule has 5 N–H and O–H groups in total. The number of hydrogen-bond acceptors (Lipinski definition) is 13. The molecule has 1 unspecified atom stereocenters. The Bertz CT molecular complexity index is 1760. The van der Waals surface area contributed by atoms with E-state index in [0.717, 1.165) is 41.1 Å². The number of pyridine rings is 1. The molecule has 3 atom stereocenters. The highest BCUT2D eigenvalue weighted by Crippen LogP contribution is 2.59. The molecule has 0 aromatic carbocycles. The van der Waals surface area contributed by atoms with Crippen LogP contribution in [-0.2, 0) is 15.3 Å². The average Bonchev–Trinajstić information content (AvgIpc) is 3.72. The van der Waals surface area contributed by atoms with Gasteiger partial charge in [-0.05, 0) is 32.4 Å². The standard InChI is InChI=1S/C30H33FN10O2S2/c1-16(18-4-2-6-35-24(18)33)41-11-21(42)36-23-26(39-13-30(14-39)22-19(9-32)25(34)45-20(22)12-44-30)37-28(38-27(23)41)43-15-29-5-3-7-40(29)10-17(31)8-29/h2,4,6,16-17H,3,5,7-8,10-15,34H2,1H3,(H2,33,35)(H,36,42)/t16?,17-,29+/m1/s1. The van der Waals surface area contributed by atoms with Crippen LogP contribution < -0.4 is 31.3 Å². The van der Waals surface area contributed by atoms with Gasteiger partial charge in [0, 0.05) is 54.0 Å². The van der Waals surface area contributed by atoms with Gasteiger partial charge in [0.15, 0.2) is 11.6 Å². The number of alkyl halides is 1. The van der Waals surface area contributed by atoms with Gasteiger partial charge in [-0.2, -0.15) is 15.2 Å². The maximum absolute atomic E-state index is 14.5. The Hall–Kier alpha value is -3.87. The molecule has 12 nitrogen and oxygen atoms in total. The minimum Gasteiger partial charge on any atom is -0.461 e. The van der Waals surface area contributed by atoms with E-state index in [2.05, 4.69) is 26.2 Å². The number of fused-ring (bicyclic) bond motifs is 4. The van der Waals surface area contributed by atoms with Gasteiger partial charge in [-0.25, -0.2) is 9.37 Å². The zero-order valence-electron chi connectivity index (χ0n) is 24.8. The number of nitrogen functional groups attached to an aromatic ring is 2. The summed E-state index contributed by atoms with van der Waals surface area (Å²) in [5.41, 5.74) is 15.0. The van der Waals surface area contributed by atoms with Crippen LogP contribution in [0.4, 0.5) is 32.5 Å². The highest BCUT2D eigenvalue weighted by atomic mass is 32.2. The van der Waals surface area contributed by atoms with Crippen molar-refractivity contribution < 1.29 is 13.9 Å². The second-order valence-electron chi connectivity index (χ2n) is 12.6. The number of nitrogens with zero attached hydrogens (tertiary/aromatic N) is 7. The molecule has 3 aromatic rings. The number of nitriles is 1. The molecular weight excluding hydrogens is 616 g/mol. The van der Waals surface area contributed by atoms with E-state index in [1.54, 1.807) is 6.20 Å². The Morgan fingerprint density at radius 2 is 2.13 bits per heavy atom. The summed E-state index contributed by atoms with van der Waals surface area (Å²) in [6.07, 6.45) is 3.06. The molecule has 1 spiro atoms. The summed E-state index contributed by atoms with van der Waals surface area (Å²) in [6, 6.07) is 5.89. The van der Waals surface area contributed by atoms with Gasteiger partial charge >= 0.3 is 6.01 Å². The molecule has 0 radical (unpaired) electrons. The minimum absolute atomic E-state index is 0.0580. The van der Waals surface area contributed by atoms with E-state index in [9.17, 15) is 14.4 Å². The predicted octanol–water partition coefficient (Wildman–Crippen LogP) is 3.41. The third-order valence-electron chi connectivity index (χ3n) is 9.97. The molecule has 3 fully saturated rings. The number of thioether (sulfide) groups is 1. The number of hydrogen-bond donors (Lipinski definition) is 3. The van der Waals surface area contributed by atoms with Gasteiger partial charge in [-0.3, -0.25) is 9.69 Å². The van der Waals surface area contributed by atoms with Gasteiger partial charge < -0.3 is 31.3 Å². The summed E-state index contributed by atoms with van der Waals surface area (Å²) >= 11 is 3.31. The molecule has 234 valence electrons. The van der Waals surface area contributed by atoms with E-state index < -0.39 is 6.17 Å². The summed E-state index contributed by atoms with van der Waals surface area (Å²) in [5, 5.41) is 13.5. The summed E-state index contributed by atoms with van der Waals surface area (Å²) in [5.74, 6) is 2.07. The Morgan fingerprint density at radius 1 is 1.31 bits per heavy atom. The number of carbonyl (C=O) groups excluding carboxylic acids is 1. The molecule has 45 heavy (non-hydrogen) atoms. The normalized spacial score (nSPS) is 25.4. The number of nitrogens with two attached hydrogens (primary N) is 2. The number of amides is 1. The smallest absolute Gasteiger partial charge is 0.320 e. The lowest BCUT2D eigenvalue weighted by molar-refractivity contribution is -0.115. The molecule has 0 bridgehead atoms. The van der Waals surface area contributed by atoms with Crippen LogP contribution in [0.2, 0.25) is 0 Å². The van der Waals surface area contributed by atoms with Gasteiger partial charge in [0.2, 0.25) is 5.91 Å². The first-order valence-electron chi connectivity index (χ1n) is 15.1. The number of nitrogens with one attached hydrogen (secondary N) is 1. The lowest BCUT2D eigenvalue weighted by atomic mass is 9.88. The lowest BCUT2D eigenvalue weighted by Crippen LogP contribution is -2.57. The van der Waals surface area contributed by atoms with Crippen molar-refractivity contribution in [2.75, 3.05) is 65.9 Å². The fourth-order valence-corrected chi connectivity index (χ4v) is 10.6. The molecule has 5 aliphatic heterocycles. The van der Waals surface area contributed by atoms with Gasteiger partial charge in [0.1, 0.15) is 35.4 Å². The monoisotopic (exact) mass is 648 g/mol. The van der Waals surface area contributed by atoms with E-state index >= 15 is 0 Å². The highest BCUT2D eigenvalue weighted by Gasteiger charge is 2.54. The molecule has 0 saturated carbocycles. The number of halogens is 1. The van der Waals surface area contributed by atoms with Crippen molar-refractivity contribution in [1.29, 1.82) is 5.26 Å². The van der Waals surface area contributed by atoms with Crippen molar-refractivity contribution in [3.05, 3.63) is 39.9 Å². The van der Waals surface area contributed by atoms with E-state index in [1.165, 1.54) is 11.3 Å². The van der Waals surface area contributed by atoms with Crippen molar-refractivity contribution in [2.45, 2.75) is 54.4 Å². The van der Waals surface area contributed by atoms with Gasteiger partial charge in [-0.15, -0.1) is 23.1 Å². The quantitative estimate of drug-likeness (QED) is 0.358. The Labute approximate surface area is 267 Å². The summed E-state index contributed by atoms with van der Waals surface area (Å²) in [4.78, 5) is 34.5. The number of carbonyl (C=O) groups is 1. The van der Waals surface area contributed by atoms with Crippen LogP contribution in [0.1, 0.15) is 53.8 Å². The first kappa shape index (κ1) is 28.6. The van der Waals surface area contributed by atoms with Crippen LogP contribution in [0.15, 0.2) is 18.3 Å². The number of rotatable bonds is 6. The fraction of sp³-hybridized carbons (Fsp3) is 0.500. The molecule has 0 aliphatic carbocycles. The highest BCUT2D eigenvalue weighted by molar-refractivity contribution is 8.00. The van der Waals surface area contributed by atoms with E-state index in [-0.39, 0.29) is 41.4 Å². The lowest BCUT2D eigenvalue weighted by Gasteiger charge is -2.49. The summed E-state index contributed by atoms with van der Waals surface area (Å²) in [7, 11) is 0. The van der Waals surface area contributed by atoms with Gasteiger partial charge in [-0.1, -0.05) is 6.07 Å². The minimum atomic E-state index is -0.874. The van der Waals surface area contributed by atoms with Crippen LogP contribution in [0.25, 0.3) is 0 Å². The largest absolute Gasteiger partial charge is 0.461 e. The molecule has 8 rings (SSSR count). The topological polar surface area (TPSA) is 163 Å². The van der Waals surface area contributed by atoms with E-state index in [0.29, 0.717) is 59.8 Å². The third-order valence-corrected chi connectivity index (χ3v) is 12.6. The maximum Gasteiger partial charge on any atom is 0.320 e. The average molecular weight is 649 g/mol. The summed E-state index contributed by atoms with van der Waals surface area (Å²) < 4.78 is 20.6. The van der Waals surface area contributed by atoms with Gasteiger partial charge in [0.25, 0.3) is 0 Å². The first-order valence-corrected chi connectivity index (χ1v) is 16.9. The number of thiophene rings is 1. The second kappa shape index (κ2) is 10.3. The number of anilines is 5. The number of aromatic nitrogens is 3. The van der Waals surface area contributed by atoms with Crippen molar-refractivity contribution in [2.24, 2.45) is 0 Å². The SMILES string of the molecule is CC(c1cccnc1N)N1CC(=O)Nc2c(N3CC4(C3)SCc3sc(N)c(C#N)c34)nc(OC[C@@]34CCCN3C[C@H](F)C4)nc21. The predicted molar refractivity (Wildman–Crippen MR) is 172 cm³/mol. The number of ether oxygens (including phenoxy) is 1. The molecule has 3 saturated heterocycles. The summed E-state index contributed by atoms with van der Waals surface area (Å²) in [6.45, 7) is 4.76. The van der Waals surface area contributed by atoms with Crippen LogP contribution in [0, 0.1) is 11.3 Å². The zero-order valence-corrected chi connectivity index (χ0v) is 26.4. The van der Waals surface area contributed by atoms with Crippen molar-refractivity contribution in [3.63, 3.8) is 0 Å². The Kier molecular flexibility index (Phi) is 6.56. The van der Waals surface area contributed by atoms with Crippen LogP contribution in [0.5, 0.6) is 6.01 Å². The van der Waals surface area contributed by atoms with Crippen LogP contribution in [0.3, 0.4) is 0 Å². The third kappa shape index (κ3) is 4.40. The van der Waals surface area contributed by atoms with Crippen molar-refractivity contribution >= 4 is 57.1 Å². The molecule has 15 heteroatoms. The van der Waals surface area contributed by atoms with E-state index in [1.807, 2.05) is 35.7 Å². The second-order valence-corrected chi connectivity index (χ2v) is 15.1. The first-order chi connectivity index (χ1) is 21.7. The van der Waals surface area contributed by atoms with E-state index in [4.69, 9.17) is 26.2 Å². The maximum atomic E-state index is 14.5. The van der Waals surface area contributed by atoms with Crippen LogP contribution in [-0.4, -0.2) is 76.8 Å². The molecular formula is C30H33FN10O2S2. The van der Waals surface area contributed by atoms with Crippen molar-refractivity contribution in [3.8, 4) is 12.1 Å². The van der Waals surface area contributed by atoms with Crippen molar-refractivity contribution in [1.82, 2.24) is 19.9 Å². The fourth-order valence-electron chi connectivity index (χ4n) is 7.80.